The molecule has 0 spiro atoms. The average Bonchev–Trinajstić information content (AvgIpc) is 2.73. The molecule has 168 valence electrons. The lowest BCUT2D eigenvalue weighted by molar-refractivity contribution is -0.947. The average molecular weight is 415 g/mol. The van der Waals surface area contributed by atoms with Crippen molar-refractivity contribution in [1.82, 2.24) is 0 Å². The van der Waals surface area contributed by atoms with Crippen molar-refractivity contribution in [3.05, 3.63) is 65.7 Å². The minimum atomic E-state index is 0.232. The van der Waals surface area contributed by atoms with E-state index in [4.69, 9.17) is 4.74 Å². The fraction of sp³-hybridized carbons (Fsp3) is 0.556. The van der Waals surface area contributed by atoms with Gasteiger partial charge >= 0.3 is 0 Å². The standard InChI is InChI=1S/C14H22O.C13H22NO/c1-2-3-4-5-6-7-10-13-11-8-9-12-14(13)15;1-5-15-12(2)14(3,4)11-13-9-7-6-8-10-13/h8-9,11-12,15H,2-7,10H2,1H3;6-10,12H,5,11H2,1-4H3/q;+1. The SMILES string of the molecule is CCCCCCCCc1ccccc1O.CCOC(C)[N+](C)(C)Cc1ccccc1. The summed E-state index contributed by atoms with van der Waals surface area (Å²) in [4.78, 5) is 0. The molecular weight excluding hydrogens is 370 g/mol. The van der Waals surface area contributed by atoms with E-state index < -0.39 is 0 Å². The third-order valence-electron chi connectivity index (χ3n) is 5.62. The van der Waals surface area contributed by atoms with E-state index in [0.717, 1.165) is 29.6 Å². The van der Waals surface area contributed by atoms with Crippen molar-refractivity contribution in [3.8, 4) is 5.75 Å². The van der Waals surface area contributed by atoms with Crippen LogP contribution in [-0.4, -0.2) is 36.5 Å². The lowest BCUT2D eigenvalue weighted by atomic mass is 10.0. The van der Waals surface area contributed by atoms with Crippen LogP contribution in [0.15, 0.2) is 54.6 Å². The number of unbranched alkanes of at least 4 members (excludes halogenated alkanes) is 5. The Morgan fingerprint density at radius 1 is 0.833 bits per heavy atom. The molecule has 2 rings (SSSR count). The summed E-state index contributed by atoms with van der Waals surface area (Å²) in [5.74, 6) is 0.450. The molecule has 0 bridgehead atoms. The van der Waals surface area contributed by atoms with E-state index in [2.05, 4.69) is 58.3 Å². The fourth-order valence-corrected chi connectivity index (χ4v) is 3.44. The minimum absolute atomic E-state index is 0.232. The molecule has 0 fully saturated rings. The Hall–Kier alpha value is -1.84. The highest BCUT2D eigenvalue weighted by Gasteiger charge is 2.24. The smallest absolute Gasteiger partial charge is 0.190 e. The zero-order chi connectivity index (χ0) is 22.2. The molecule has 30 heavy (non-hydrogen) atoms. The lowest BCUT2D eigenvalue weighted by Crippen LogP contribution is -2.47. The van der Waals surface area contributed by atoms with Crippen LogP contribution in [0.1, 0.15) is 70.4 Å². The predicted octanol–water partition coefficient (Wildman–Crippen LogP) is 6.94. The van der Waals surface area contributed by atoms with Gasteiger partial charge in [-0.3, -0.25) is 4.48 Å². The second-order valence-electron chi connectivity index (χ2n) is 8.62. The maximum absolute atomic E-state index is 9.55. The van der Waals surface area contributed by atoms with Crippen LogP contribution in [0.2, 0.25) is 0 Å². The van der Waals surface area contributed by atoms with Gasteiger partial charge in [0, 0.05) is 12.5 Å². The topological polar surface area (TPSA) is 29.5 Å². The van der Waals surface area contributed by atoms with Crippen LogP contribution in [0, 0.1) is 0 Å². The number of nitrogens with zero attached hydrogens (tertiary/aromatic N) is 1. The van der Waals surface area contributed by atoms with Crippen LogP contribution in [0.5, 0.6) is 5.75 Å². The first-order chi connectivity index (χ1) is 14.4. The molecule has 2 aromatic carbocycles. The van der Waals surface area contributed by atoms with Crippen LogP contribution in [-0.2, 0) is 17.7 Å². The first kappa shape index (κ1) is 26.2. The molecule has 0 aliphatic carbocycles. The number of hydrogen-bond donors (Lipinski definition) is 1. The highest BCUT2D eigenvalue weighted by atomic mass is 16.5. The summed E-state index contributed by atoms with van der Waals surface area (Å²) in [6.45, 7) is 8.19. The van der Waals surface area contributed by atoms with Gasteiger partial charge in [-0.1, -0.05) is 87.6 Å². The van der Waals surface area contributed by atoms with Crippen molar-refractivity contribution in [2.45, 2.75) is 78.5 Å². The number of phenolic OH excluding ortho intramolecular Hbond substituents is 1. The number of rotatable bonds is 12. The van der Waals surface area contributed by atoms with Crippen molar-refractivity contribution in [3.63, 3.8) is 0 Å². The Kier molecular flexibility index (Phi) is 13.1. The first-order valence-corrected chi connectivity index (χ1v) is 11.7. The van der Waals surface area contributed by atoms with Gasteiger partial charge < -0.3 is 9.84 Å². The maximum Gasteiger partial charge on any atom is 0.190 e. The molecule has 3 heteroatoms. The molecule has 0 aromatic heterocycles. The number of aromatic hydroxyl groups is 1. The number of quaternary nitrogens is 1. The summed E-state index contributed by atoms with van der Waals surface area (Å²) in [7, 11) is 4.40. The molecule has 3 nitrogen and oxygen atoms in total. The largest absolute Gasteiger partial charge is 0.508 e. The van der Waals surface area contributed by atoms with E-state index in [1.165, 1.54) is 44.1 Å². The minimum Gasteiger partial charge on any atom is -0.508 e. The van der Waals surface area contributed by atoms with Gasteiger partial charge in [-0.15, -0.1) is 0 Å². The van der Waals surface area contributed by atoms with Gasteiger partial charge in [-0.05, 0) is 31.4 Å². The second kappa shape index (κ2) is 15.0. The number of aryl methyl sites for hydroxylation is 1. The molecule has 0 radical (unpaired) electrons. The van der Waals surface area contributed by atoms with Gasteiger partial charge in [-0.25, -0.2) is 0 Å². The highest BCUT2D eigenvalue weighted by Crippen LogP contribution is 2.18. The molecule has 1 unspecified atom stereocenters. The van der Waals surface area contributed by atoms with Gasteiger partial charge in [0.1, 0.15) is 12.3 Å². The van der Waals surface area contributed by atoms with Crippen molar-refractivity contribution in [1.29, 1.82) is 0 Å². The first-order valence-electron chi connectivity index (χ1n) is 11.7. The summed E-state index contributed by atoms with van der Waals surface area (Å²) < 4.78 is 6.51. The number of ether oxygens (including phenoxy) is 1. The van der Waals surface area contributed by atoms with E-state index in [9.17, 15) is 5.11 Å². The van der Waals surface area contributed by atoms with Crippen LogP contribution in [0.25, 0.3) is 0 Å². The Balaban J connectivity index is 0.000000300. The summed E-state index contributed by atoms with van der Waals surface area (Å²) >= 11 is 0. The molecule has 0 heterocycles. The molecule has 2 aromatic rings. The predicted molar refractivity (Wildman–Crippen MR) is 129 cm³/mol. The van der Waals surface area contributed by atoms with E-state index >= 15 is 0 Å². The molecule has 0 saturated heterocycles. The highest BCUT2D eigenvalue weighted by molar-refractivity contribution is 5.31. The monoisotopic (exact) mass is 414 g/mol. The Morgan fingerprint density at radius 2 is 1.43 bits per heavy atom. The van der Waals surface area contributed by atoms with Crippen molar-refractivity contribution < 1.29 is 14.3 Å². The molecule has 0 saturated carbocycles. The normalized spacial score (nSPS) is 12.2. The van der Waals surface area contributed by atoms with Gasteiger partial charge in [-0.2, -0.15) is 0 Å². The van der Waals surface area contributed by atoms with Crippen LogP contribution in [0.4, 0.5) is 0 Å². The van der Waals surface area contributed by atoms with Crippen LogP contribution < -0.4 is 0 Å². The number of para-hydroxylation sites is 1. The molecule has 0 aliphatic rings. The summed E-state index contributed by atoms with van der Waals surface area (Å²) in [5, 5.41) is 9.55. The number of hydrogen-bond acceptors (Lipinski definition) is 2. The van der Waals surface area contributed by atoms with E-state index in [1.54, 1.807) is 6.07 Å². The van der Waals surface area contributed by atoms with Crippen LogP contribution >= 0.6 is 0 Å². The zero-order valence-corrected chi connectivity index (χ0v) is 19.9. The molecular formula is C27H44NO2+. The summed E-state index contributed by atoms with van der Waals surface area (Å²) in [6.07, 6.45) is 9.08. The van der Waals surface area contributed by atoms with Gasteiger partial charge in [0.05, 0.1) is 20.7 Å². The van der Waals surface area contributed by atoms with Crippen molar-refractivity contribution >= 4 is 0 Å². The van der Waals surface area contributed by atoms with Crippen molar-refractivity contribution in [2.24, 2.45) is 0 Å². The zero-order valence-electron chi connectivity index (χ0n) is 19.9. The van der Waals surface area contributed by atoms with E-state index in [0.29, 0.717) is 5.75 Å². The quantitative estimate of drug-likeness (QED) is 0.231. The number of phenols is 1. The maximum atomic E-state index is 9.55. The summed E-state index contributed by atoms with van der Waals surface area (Å²) in [5.41, 5.74) is 2.45. The van der Waals surface area contributed by atoms with E-state index in [-0.39, 0.29) is 6.23 Å². The third kappa shape index (κ3) is 10.8. The second-order valence-corrected chi connectivity index (χ2v) is 8.62. The molecule has 1 atom stereocenters. The van der Waals surface area contributed by atoms with Gasteiger partial charge in [0.2, 0.25) is 0 Å². The van der Waals surface area contributed by atoms with Gasteiger partial charge in [0.25, 0.3) is 0 Å². The molecule has 0 aliphatic heterocycles. The van der Waals surface area contributed by atoms with Crippen LogP contribution in [0.3, 0.4) is 0 Å². The summed E-state index contributed by atoms with van der Waals surface area (Å²) in [6, 6.07) is 18.2. The molecule has 0 amide bonds. The lowest BCUT2D eigenvalue weighted by Gasteiger charge is -2.35. The Labute approximate surface area is 185 Å². The third-order valence-corrected chi connectivity index (χ3v) is 5.62. The fourth-order valence-electron chi connectivity index (χ4n) is 3.44. The Bertz CT molecular complexity index is 670. The number of benzene rings is 2. The van der Waals surface area contributed by atoms with Crippen molar-refractivity contribution in [2.75, 3.05) is 20.7 Å². The molecule has 1 N–H and O–H groups in total. The van der Waals surface area contributed by atoms with Gasteiger partial charge in [0.15, 0.2) is 6.23 Å². The van der Waals surface area contributed by atoms with E-state index in [1.807, 2.05) is 25.1 Å². The Morgan fingerprint density at radius 3 is 2.07 bits per heavy atom.